The molecule has 26 heavy (non-hydrogen) atoms. The van der Waals surface area contributed by atoms with Crippen LogP contribution < -0.4 is 14.9 Å². The fourth-order valence-corrected chi connectivity index (χ4v) is 2.32. The average molecular weight is 350 g/mol. The van der Waals surface area contributed by atoms with Gasteiger partial charge in [-0.2, -0.15) is 10.2 Å². The first kappa shape index (κ1) is 17.2. The first-order valence-corrected chi connectivity index (χ1v) is 7.87. The molecule has 1 amide bonds. The van der Waals surface area contributed by atoms with Gasteiger partial charge in [-0.25, -0.2) is 5.43 Å². The van der Waals surface area contributed by atoms with Crippen LogP contribution in [-0.4, -0.2) is 36.5 Å². The summed E-state index contributed by atoms with van der Waals surface area (Å²) in [4.78, 5) is 12.2. The monoisotopic (exact) mass is 350 g/mol. The zero-order chi connectivity index (χ0) is 18.4. The Hall–Kier alpha value is -3.61. The number of benzene rings is 2. The summed E-state index contributed by atoms with van der Waals surface area (Å²) in [5.41, 5.74) is 5.14. The Labute approximate surface area is 150 Å². The van der Waals surface area contributed by atoms with Crippen LogP contribution in [0, 0.1) is 0 Å². The molecular formula is C19H18N4O3. The van der Waals surface area contributed by atoms with Gasteiger partial charge in [0.2, 0.25) is 0 Å². The summed E-state index contributed by atoms with van der Waals surface area (Å²) in [6.07, 6.45) is 1.51. The lowest BCUT2D eigenvalue weighted by Gasteiger charge is -2.05. The molecule has 132 valence electrons. The van der Waals surface area contributed by atoms with Crippen molar-refractivity contribution < 1.29 is 14.3 Å². The number of carbonyl (C=O) groups excluding carboxylic acids is 1. The number of amides is 1. The highest BCUT2D eigenvalue weighted by Gasteiger charge is 2.10. The van der Waals surface area contributed by atoms with E-state index in [1.54, 1.807) is 38.5 Å². The zero-order valence-electron chi connectivity index (χ0n) is 14.4. The number of nitrogens with zero attached hydrogens (tertiary/aromatic N) is 2. The first-order chi connectivity index (χ1) is 12.7. The fraction of sp³-hybridized carbons (Fsp3) is 0.105. The van der Waals surface area contributed by atoms with Crippen LogP contribution in [0.5, 0.6) is 11.5 Å². The number of aromatic nitrogens is 2. The number of aromatic amines is 1. The number of hydrogen-bond acceptors (Lipinski definition) is 5. The van der Waals surface area contributed by atoms with E-state index in [1.165, 1.54) is 6.21 Å². The highest BCUT2D eigenvalue weighted by molar-refractivity contribution is 5.94. The van der Waals surface area contributed by atoms with E-state index in [2.05, 4.69) is 20.7 Å². The summed E-state index contributed by atoms with van der Waals surface area (Å²) in [7, 11) is 3.14. The lowest BCUT2D eigenvalue weighted by Crippen LogP contribution is -2.18. The molecule has 0 saturated heterocycles. The van der Waals surface area contributed by atoms with E-state index < -0.39 is 0 Å². The van der Waals surface area contributed by atoms with Crippen LogP contribution in [0.15, 0.2) is 59.7 Å². The summed E-state index contributed by atoms with van der Waals surface area (Å²) in [6.45, 7) is 0. The molecule has 3 rings (SSSR count). The number of ether oxygens (including phenoxy) is 2. The first-order valence-electron chi connectivity index (χ1n) is 7.87. The summed E-state index contributed by atoms with van der Waals surface area (Å²) in [6, 6.07) is 16.6. The largest absolute Gasteiger partial charge is 0.497 e. The normalized spacial score (nSPS) is 10.7. The highest BCUT2D eigenvalue weighted by atomic mass is 16.5. The average Bonchev–Trinajstić information content (AvgIpc) is 3.18. The van der Waals surface area contributed by atoms with Crippen molar-refractivity contribution in [2.75, 3.05) is 14.2 Å². The third kappa shape index (κ3) is 4.07. The standard InChI is InChI=1S/C19H18N4O3/c1-25-15-8-13(9-16(10-15)26-2)12-20-23-19(24)18-11-17(21-22-18)14-6-4-3-5-7-14/h3-12H,1-2H3,(H,21,22)(H,23,24)/b20-12-. The molecule has 2 aromatic carbocycles. The Morgan fingerprint density at radius 3 is 2.42 bits per heavy atom. The number of nitrogens with one attached hydrogen (secondary N) is 2. The van der Waals surface area contributed by atoms with Crippen LogP contribution in [0.3, 0.4) is 0 Å². The maximum Gasteiger partial charge on any atom is 0.289 e. The maximum atomic E-state index is 12.2. The molecule has 0 aliphatic rings. The Balaban J connectivity index is 1.67. The van der Waals surface area contributed by atoms with Crippen LogP contribution in [0.1, 0.15) is 16.1 Å². The minimum absolute atomic E-state index is 0.323. The van der Waals surface area contributed by atoms with Crippen molar-refractivity contribution in [3.8, 4) is 22.8 Å². The van der Waals surface area contributed by atoms with Gasteiger partial charge in [-0.15, -0.1) is 0 Å². The summed E-state index contributed by atoms with van der Waals surface area (Å²) in [5.74, 6) is 0.891. The van der Waals surface area contributed by atoms with Crippen molar-refractivity contribution in [2.45, 2.75) is 0 Å². The van der Waals surface area contributed by atoms with Crippen LogP contribution in [0.2, 0.25) is 0 Å². The second-order valence-electron chi connectivity index (χ2n) is 5.38. The minimum atomic E-state index is -0.384. The van der Waals surface area contributed by atoms with Crippen LogP contribution in [0.25, 0.3) is 11.3 Å². The summed E-state index contributed by atoms with van der Waals surface area (Å²) >= 11 is 0. The van der Waals surface area contributed by atoms with E-state index in [4.69, 9.17) is 9.47 Å². The van der Waals surface area contributed by atoms with Crippen LogP contribution in [0.4, 0.5) is 0 Å². The molecule has 0 atom stereocenters. The van der Waals surface area contributed by atoms with Crippen LogP contribution >= 0.6 is 0 Å². The van der Waals surface area contributed by atoms with Crippen molar-refractivity contribution in [1.82, 2.24) is 15.6 Å². The smallest absolute Gasteiger partial charge is 0.289 e. The third-order valence-electron chi connectivity index (χ3n) is 3.65. The maximum absolute atomic E-state index is 12.2. The minimum Gasteiger partial charge on any atom is -0.497 e. The van der Waals surface area contributed by atoms with Gasteiger partial charge >= 0.3 is 0 Å². The lowest BCUT2D eigenvalue weighted by atomic mass is 10.1. The van der Waals surface area contributed by atoms with Gasteiger partial charge in [0.1, 0.15) is 17.2 Å². The van der Waals surface area contributed by atoms with Crippen molar-refractivity contribution in [3.05, 3.63) is 65.9 Å². The van der Waals surface area contributed by atoms with Gasteiger partial charge in [0.05, 0.1) is 26.1 Å². The molecular weight excluding hydrogens is 332 g/mol. The van der Waals surface area contributed by atoms with E-state index in [0.717, 1.165) is 11.1 Å². The molecule has 0 saturated carbocycles. The second-order valence-corrected chi connectivity index (χ2v) is 5.38. The van der Waals surface area contributed by atoms with Gasteiger partial charge in [0.25, 0.3) is 5.91 Å². The lowest BCUT2D eigenvalue weighted by molar-refractivity contribution is 0.0950. The molecule has 1 heterocycles. The summed E-state index contributed by atoms with van der Waals surface area (Å²) < 4.78 is 10.4. The predicted molar refractivity (Wildman–Crippen MR) is 98.6 cm³/mol. The second kappa shape index (κ2) is 7.98. The SMILES string of the molecule is COc1cc(/C=N\NC(=O)c2cc(-c3ccccc3)n[nH]2)cc(OC)c1. The van der Waals surface area contributed by atoms with Gasteiger partial charge in [-0.1, -0.05) is 30.3 Å². The molecule has 0 bridgehead atoms. The number of hydrazone groups is 1. The summed E-state index contributed by atoms with van der Waals surface area (Å²) in [5, 5.41) is 10.8. The van der Waals surface area contributed by atoms with E-state index in [9.17, 15) is 4.79 Å². The highest BCUT2D eigenvalue weighted by Crippen LogP contribution is 2.21. The van der Waals surface area contributed by atoms with E-state index >= 15 is 0 Å². The predicted octanol–water partition coefficient (Wildman–Crippen LogP) is 2.86. The molecule has 0 fully saturated rings. The molecule has 1 aromatic heterocycles. The topological polar surface area (TPSA) is 88.6 Å². The zero-order valence-corrected chi connectivity index (χ0v) is 14.4. The van der Waals surface area contributed by atoms with Gasteiger partial charge in [-0.3, -0.25) is 9.89 Å². The molecule has 0 aliphatic carbocycles. The molecule has 0 aliphatic heterocycles. The Kier molecular flexibility index (Phi) is 5.28. The van der Waals surface area contributed by atoms with Crippen molar-refractivity contribution >= 4 is 12.1 Å². The number of H-pyrrole nitrogens is 1. The Morgan fingerprint density at radius 1 is 1.08 bits per heavy atom. The van der Waals surface area contributed by atoms with Crippen molar-refractivity contribution in [1.29, 1.82) is 0 Å². The molecule has 7 nitrogen and oxygen atoms in total. The Bertz CT molecular complexity index is 897. The number of hydrogen-bond donors (Lipinski definition) is 2. The van der Waals surface area contributed by atoms with E-state index in [0.29, 0.717) is 22.9 Å². The van der Waals surface area contributed by atoms with Crippen LogP contribution in [-0.2, 0) is 0 Å². The molecule has 0 radical (unpaired) electrons. The molecule has 2 N–H and O–H groups in total. The quantitative estimate of drug-likeness (QED) is 0.528. The van der Waals surface area contributed by atoms with Gasteiger partial charge in [-0.05, 0) is 18.2 Å². The Morgan fingerprint density at radius 2 is 1.77 bits per heavy atom. The number of methoxy groups -OCH3 is 2. The molecule has 7 heteroatoms. The number of rotatable bonds is 6. The molecule has 3 aromatic rings. The number of carbonyl (C=O) groups is 1. The molecule has 0 spiro atoms. The van der Waals surface area contributed by atoms with Gasteiger partial charge < -0.3 is 9.47 Å². The van der Waals surface area contributed by atoms with Gasteiger partial charge in [0.15, 0.2) is 0 Å². The van der Waals surface area contributed by atoms with Gasteiger partial charge in [0, 0.05) is 17.2 Å². The third-order valence-corrected chi connectivity index (χ3v) is 3.65. The van der Waals surface area contributed by atoms with E-state index in [1.807, 2.05) is 30.3 Å². The fourth-order valence-electron chi connectivity index (χ4n) is 2.32. The van der Waals surface area contributed by atoms with Crippen molar-refractivity contribution in [2.24, 2.45) is 5.10 Å². The van der Waals surface area contributed by atoms with E-state index in [-0.39, 0.29) is 5.91 Å². The van der Waals surface area contributed by atoms with Crippen molar-refractivity contribution in [3.63, 3.8) is 0 Å². The molecule has 0 unspecified atom stereocenters.